The normalized spacial score (nSPS) is 11.4. The lowest BCUT2D eigenvalue weighted by molar-refractivity contribution is 0.128. The molecule has 0 saturated heterocycles. The SMILES string of the molecule is CN=C(NCCOCCC(C)C)NCc1ccc(-n2ccnc2C)c(F)c1.I. The van der Waals surface area contributed by atoms with Gasteiger partial charge in [-0.25, -0.2) is 9.37 Å². The molecule has 0 unspecified atom stereocenters. The van der Waals surface area contributed by atoms with Gasteiger partial charge in [-0.3, -0.25) is 4.99 Å². The number of benzene rings is 1. The van der Waals surface area contributed by atoms with E-state index in [0.717, 1.165) is 24.4 Å². The fraction of sp³-hybridized carbons (Fsp3) is 0.500. The fourth-order valence-electron chi connectivity index (χ4n) is 2.56. The Morgan fingerprint density at radius 3 is 2.68 bits per heavy atom. The Labute approximate surface area is 184 Å². The Balaban J connectivity index is 0.00000392. The maximum absolute atomic E-state index is 14.4. The molecule has 2 N–H and O–H groups in total. The van der Waals surface area contributed by atoms with E-state index in [4.69, 9.17) is 4.74 Å². The van der Waals surface area contributed by atoms with E-state index >= 15 is 0 Å². The molecule has 8 heteroatoms. The number of imidazole rings is 1. The minimum Gasteiger partial charge on any atom is -0.380 e. The van der Waals surface area contributed by atoms with Crippen LogP contribution in [0.25, 0.3) is 5.69 Å². The van der Waals surface area contributed by atoms with E-state index in [0.29, 0.717) is 37.3 Å². The van der Waals surface area contributed by atoms with Gasteiger partial charge >= 0.3 is 0 Å². The van der Waals surface area contributed by atoms with E-state index in [-0.39, 0.29) is 29.8 Å². The van der Waals surface area contributed by atoms with Crippen molar-refractivity contribution >= 4 is 29.9 Å². The highest BCUT2D eigenvalue weighted by atomic mass is 127. The molecule has 0 aliphatic carbocycles. The third-order valence-corrected chi connectivity index (χ3v) is 4.16. The zero-order valence-electron chi connectivity index (χ0n) is 17.0. The van der Waals surface area contributed by atoms with Gasteiger partial charge in [-0.2, -0.15) is 0 Å². The maximum Gasteiger partial charge on any atom is 0.191 e. The number of hydrogen-bond donors (Lipinski definition) is 2. The van der Waals surface area contributed by atoms with Crippen molar-refractivity contribution in [2.75, 3.05) is 26.8 Å². The van der Waals surface area contributed by atoms with Gasteiger partial charge in [0.2, 0.25) is 0 Å². The van der Waals surface area contributed by atoms with Gasteiger partial charge in [0.25, 0.3) is 0 Å². The molecule has 156 valence electrons. The van der Waals surface area contributed by atoms with Crippen molar-refractivity contribution in [1.82, 2.24) is 20.2 Å². The molecule has 28 heavy (non-hydrogen) atoms. The molecule has 0 radical (unpaired) electrons. The van der Waals surface area contributed by atoms with Crippen molar-refractivity contribution in [2.45, 2.75) is 33.7 Å². The van der Waals surface area contributed by atoms with E-state index in [2.05, 4.69) is 34.5 Å². The first-order chi connectivity index (χ1) is 13.0. The van der Waals surface area contributed by atoms with Gasteiger partial charge in [-0.05, 0) is 37.0 Å². The lowest BCUT2D eigenvalue weighted by Gasteiger charge is -2.13. The van der Waals surface area contributed by atoms with E-state index in [1.54, 1.807) is 30.1 Å². The number of nitrogens with zero attached hydrogens (tertiary/aromatic N) is 3. The highest BCUT2D eigenvalue weighted by molar-refractivity contribution is 14.0. The van der Waals surface area contributed by atoms with Crippen LogP contribution in [0.15, 0.2) is 35.6 Å². The second-order valence-electron chi connectivity index (χ2n) is 6.78. The first kappa shape index (κ1) is 24.4. The molecular formula is C20H31FIN5O. The van der Waals surface area contributed by atoms with Crippen molar-refractivity contribution < 1.29 is 9.13 Å². The molecule has 0 bridgehead atoms. The zero-order chi connectivity index (χ0) is 19.6. The summed E-state index contributed by atoms with van der Waals surface area (Å²) in [4.78, 5) is 8.31. The summed E-state index contributed by atoms with van der Waals surface area (Å²) in [7, 11) is 1.71. The van der Waals surface area contributed by atoms with Gasteiger partial charge in [0.05, 0.1) is 12.3 Å². The Morgan fingerprint density at radius 2 is 2.07 bits per heavy atom. The standard InChI is InChI=1S/C20H30FN5O.HI/c1-15(2)7-11-27-12-9-24-20(22-4)25-14-17-5-6-19(18(21)13-17)26-10-8-23-16(26)3;/h5-6,8,10,13,15H,7,9,11-12,14H2,1-4H3,(H2,22,24,25);1H. The number of aliphatic imine (C=N–C) groups is 1. The van der Waals surface area contributed by atoms with Crippen molar-refractivity contribution in [3.8, 4) is 5.69 Å². The summed E-state index contributed by atoms with van der Waals surface area (Å²) in [6, 6.07) is 5.19. The van der Waals surface area contributed by atoms with Gasteiger partial charge in [0.15, 0.2) is 5.96 Å². The summed E-state index contributed by atoms with van der Waals surface area (Å²) < 4.78 is 21.7. The number of nitrogens with one attached hydrogen (secondary N) is 2. The average Bonchev–Trinajstić information content (AvgIpc) is 3.06. The van der Waals surface area contributed by atoms with E-state index < -0.39 is 0 Å². The average molecular weight is 503 g/mol. The Bertz CT molecular complexity index is 748. The fourth-order valence-corrected chi connectivity index (χ4v) is 2.56. The molecule has 2 rings (SSSR count). The van der Waals surface area contributed by atoms with Crippen LogP contribution in [-0.2, 0) is 11.3 Å². The van der Waals surface area contributed by atoms with Crippen molar-refractivity contribution in [1.29, 1.82) is 0 Å². The number of aromatic nitrogens is 2. The molecule has 0 spiro atoms. The molecule has 6 nitrogen and oxygen atoms in total. The lowest BCUT2D eigenvalue weighted by Crippen LogP contribution is -2.38. The van der Waals surface area contributed by atoms with Crippen LogP contribution in [-0.4, -0.2) is 42.3 Å². The minimum absolute atomic E-state index is 0. The zero-order valence-corrected chi connectivity index (χ0v) is 19.4. The molecule has 2 aromatic rings. The monoisotopic (exact) mass is 503 g/mol. The number of halogens is 2. The number of hydrogen-bond acceptors (Lipinski definition) is 3. The second-order valence-corrected chi connectivity index (χ2v) is 6.78. The van der Waals surface area contributed by atoms with E-state index in [1.165, 1.54) is 6.07 Å². The topological polar surface area (TPSA) is 63.5 Å². The highest BCUT2D eigenvalue weighted by Gasteiger charge is 2.08. The van der Waals surface area contributed by atoms with E-state index in [1.807, 2.05) is 13.0 Å². The molecule has 0 aliphatic rings. The first-order valence-electron chi connectivity index (χ1n) is 9.32. The van der Waals surface area contributed by atoms with E-state index in [9.17, 15) is 4.39 Å². The minimum atomic E-state index is -0.281. The Kier molecular flexibility index (Phi) is 11.1. The number of aryl methyl sites for hydroxylation is 1. The molecule has 0 aliphatic heterocycles. The predicted molar refractivity (Wildman–Crippen MR) is 122 cm³/mol. The number of ether oxygens (including phenoxy) is 1. The smallest absolute Gasteiger partial charge is 0.191 e. The van der Waals surface area contributed by atoms with Crippen LogP contribution in [0, 0.1) is 18.7 Å². The summed E-state index contributed by atoms with van der Waals surface area (Å²) in [5, 5.41) is 6.38. The Hall–Kier alpha value is -1.68. The first-order valence-corrected chi connectivity index (χ1v) is 9.32. The van der Waals surface area contributed by atoms with Gasteiger partial charge in [-0.15, -0.1) is 24.0 Å². The maximum atomic E-state index is 14.4. The summed E-state index contributed by atoms with van der Waals surface area (Å²) in [5.74, 6) is 1.78. The van der Waals surface area contributed by atoms with Crippen molar-refractivity contribution in [2.24, 2.45) is 10.9 Å². The second kappa shape index (κ2) is 12.7. The van der Waals surface area contributed by atoms with Crippen molar-refractivity contribution in [3.63, 3.8) is 0 Å². The molecule has 0 fully saturated rings. The molecule has 1 heterocycles. The number of rotatable bonds is 9. The summed E-state index contributed by atoms with van der Waals surface area (Å²) in [6.07, 6.45) is 4.47. The van der Waals surface area contributed by atoms with Crippen LogP contribution in [0.1, 0.15) is 31.7 Å². The molecule has 1 aromatic carbocycles. The summed E-state index contributed by atoms with van der Waals surface area (Å²) in [6.45, 7) is 8.75. The van der Waals surface area contributed by atoms with Crippen LogP contribution in [0.5, 0.6) is 0 Å². The summed E-state index contributed by atoms with van der Waals surface area (Å²) >= 11 is 0. The highest BCUT2D eigenvalue weighted by Crippen LogP contribution is 2.16. The van der Waals surface area contributed by atoms with Crippen LogP contribution in [0.4, 0.5) is 4.39 Å². The number of guanidine groups is 1. The van der Waals surface area contributed by atoms with Gasteiger partial charge in [-0.1, -0.05) is 19.9 Å². The molecule has 0 amide bonds. The van der Waals surface area contributed by atoms with Crippen LogP contribution in [0.3, 0.4) is 0 Å². The lowest BCUT2D eigenvalue weighted by atomic mass is 10.1. The molecular weight excluding hydrogens is 472 g/mol. The Morgan fingerprint density at radius 1 is 1.29 bits per heavy atom. The van der Waals surface area contributed by atoms with Crippen molar-refractivity contribution in [3.05, 3.63) is 47.8 Å². The van der Waals surface area contributed by atoms with Crippen LogP contribution < -0.4 is 10.6 Å². The summed E-state index contributed by atoms with van der Waals surface area (Å²) in [5.41, 5.74) is 1.33. The van der Waals surface area contributed by atoms with Gasteiger partial charge < -0.3 is 19.9 Å². The third-order valence-electron chi connectivity index (χ3n) is 4.16. The molecule has 0 saturated carbocycles. The van der Waals surface area contributed by atoms with Gasteiger partial charge in [0, 0.05) is 39.1 Å². The molecule has 0 atom stereocenters. The predicted octanol–water partition coefficient (Wildman–Crippen LogP) is 3.67. The third kappa shape index (κ3) is 7.75. The van der Waals surface area contributed by atoms with Crippen LogP contribution in [0.2, 0.25) is 0 Å². The van der Waals surface area contributed by atoms with Gasteiger partial charge in [0.1, 0.15) is 11.6 Å². The largest absolute Gasteiger partial charge is 0.380 e. The molecule has 1 aromatic heterocycles. The van der Waals surface area contributed by atoms with Crippen LogP contribution >= 0.6 is 24.0 Å². The quantitative estimate of drug-likeness (QED) is 0.237.